The minimum atomic E-state index is -0.586. The summed E-state index contributed by atoms with van der Waals surface area (Å²) < 4.78 is 10.0. The number of carbonyl (C=O) groups excluding carboxylic acids is 2. The van der Waals surface area contributed by atoms with Gasteiger partial charge in [0.1, 0.15) is 0 Å². The highest BCUT2D eigenvalue weighted by atomic mass is 16.6. The molecule has 2 rings (SSSR count). The molecule has 2 aliphatic rings. The molecule has 20 heavy (non-hydrogen) atoms. The first-order chi connectivity index (χ1) is 9.61. The molecule has 1 atom stereocenters. The van der Waals surface area contributed by atoms with Crippen LogP contribution in [-0.2, 0) is 19.1 Å². The quantitative estimate of drug-likeness (QED) is 0.698. The Bertz CT molecular complexity index is 408. The SMILES string of the molecule is COC(=O)C1CN(CC(=O)N(C)C2=CCCC2)CCO1. The molecule has 0 bridgehead atoms. The first kappa shape index (κ1) is 15.0. The van der Waals surface area contributed by atoms with Gasteiger partial charge in [0.15, 0.2) is 6.10 Å². The number of methoxy groups -OCH3 is 1. The number of esters is 1. The molecule has 6 nitrogen and oxygen atoms in total. The van der Waals surface area contributed by atoms with Crippen LogP contribution in [-0.4, -0.2) is 68.2 Å². The van der Waals surface area contributed by atoms with Crippen molar-refractivity contribution in [2.24, 2.45) is 0 Å². The zero-order valence-corrected chi connectivity index (χ0v) is 12.1. The predicted molar refractivity (Wildman–Crippen MR) is 72.9 cm³/mol. The highest BCUT2D eigenvalue weighted by molar-refractivity contribution is 5.80. The minimum absolute atomic E-state index is 0.0589. The summed E-state index contributed by atoms with van der Waals surface area (Å²) in [6.07, 6.45) is 4.67. The van der Waals surface area contributed by atoms with Gasteiger partial charge in [-0.1, -0.05) is 6.08 Å². The maximum atomic E-state index is 12.2. The Kier molecular flexibility index (Phi) is 5.14. The number of amides is 1. The molecule has 0 radical (unpaired) electrons. The van der Waals surface area contributed by atoms with E-state index >= 15 is 0 Å². The first-order valence-electron chi connectivity index (χ1n) is 6.99. The largest absolute Gasteiger partial charge is 0.467 e. The molecular formula is C14H22N2O4. The Hall–Kier alpha value is -1.40. The van der Waals surface area contributed by atoms with E-state index in [-0.39, 0.29) is 11.9 Å². The van der Waals surface area contributed by atoms with E-state index in [1.54, 1.807) is 4.90 Å². The lowest BCUT2D eigenvalue weighted by Gasteiger charge is -2.32. The van der Waals surface area contributed by atoms with E-state index < -0.39 is 6.10 Å². The summed E-state index contributed by atoms with van der Waals surface area (Å²) in [5, 5.41) is 0. The molecule has 112 valence electrons. The monoisotopic (exact) mass is 282 g/mol. The van der Waals surface area contributed by atoms with Crippen LogP contribution >= 0.6 is 0 Å². The molecule has 1 amide bonds. The summed E-state index contributed by atoms with van der Waals surface area (Å²) in [5.74, 6) is -0.322. The summed E-state index contributed by atoms with van der Waals surface area (Å²) in [6, 6.07) is 0. The van der Waals surface area contributed by atoms with Crippen LogP contribution in [0.25, 0.3) is 0 Å². The minimum Gasteiger partial charge on any atom is -0.467 e. The van der Waals surface area contributed by atoms with Gasteiger partial charge in [-0.2, -0.15) is 0 Å². The van der Waals surface area contributed by atoms with E-state index in [0.717, 1.165) is 25.0 Å². The Balaban J connectivity index is 1.85. The molecule has 0 spiro atoms. The first-order valence-corrected chi connectivity index (χ1v) is 6.99. The van der Waals surface area contributed by atoms with Crippen LogP contribution in [0.15, 0.2) is 11.8 Å². The maximum Gasteiger partial charge on any atom is 0.336 e. The van der Waals surface area contributed by atoms with Gasteiger partial charge in [-0.3, -0.25) is 9.69 Å². The van der Waals surface area contributed by atoms with Crippen molar-refractivity contribution >= 4 is 11.9 Å². The van der Waals surface area contributed by atoms with Gasteiger partial charge in [-0.05, 0) is 19.3 Å². The number of nitrogens with zero attached hydrogens (tertiary/aromatic N) is 2. The fourth-order valence-electron chi connectivity index (χ4n) is 2.54. The third kappa shape index (κ3) is 3.58. The van der Waals surface area contributed by atoms with Gasteiger partial charge in [0.05, 0.1) is 20.3 Å². The van der Waals surface area contributed by atoms with Crippen molar-refractivity contribution in [3.63, 3.8) is 0 Å². The van der Waals surface area contributed by atoms with Crippen molar-refractivity contribution < 1.29 is 19.1 Å². The Labute approximate surface area is 119 Å². The second-order valence-corrected chi connectivity index (χ2v) is 5.16. The topological polar surface area (TPSA) is 59.1 Å². The van der Waals surface area contributed by atoms with Crippen LogP contribution < -0.4 is 0 Å². The highest BCUT2D eigenvalue weighted by Crippen LogP contribution is 2.20. The van der Waals surface area contributed by atoms with Crippen LogP contribution in [0.1, 0.15) is 19.3 Å². The van der Waals surface area contributed by atoms with E-state index in [9.17, 15) is 9.59 Å². The van der Waals surface area contributed by atoms with Crippen molar-refractivity contribution in [1.82, 2.24) is 9.80 Å². The predicted octanol–water partition coefficient (Wildman–Crippen LogP) is 0.386. The van der Waals surface area contributed by atoms with E-state index in [4.69, 9.17) is 4.74 Å². The zero-order chi connectivity index (χ0) is 14.5. The van der Waals surface area contributed by atoms with Crippen LogP contribution in [0.3, 0.4) is 0 Å². The van der Waals surface area contributed by atoms with Crippen molar-refractivity contribution in [3.8, 4) is 0 Å². The fraction of sp³-hybridized carbons (Fsp3) is 0.714. The van der Waals surface area contributed by atoms with Gasteiger partial charge >= 0.3 is 5.97 Å². The fourth-order valence-corrected chi connectivity index (χ4v) is 2.54. The summed E-state index contributed by atoms with van der Waals surface area (Å²) in [6.45, 7) is 1.82. The van der Waals surface area contributed by atoms with Crippen LogP contribution in [0.5, 0.6) is 0 Å². The van der Waals surface area contributed by atoms with Gasteiger partial charge in [-0.25, -0.2) is 4.79 Å². The lowest BCUT2D eigenvalue weighted by molar-refractivity contribution is -0.160. The second-order valence-electron chi connectivity index (χ2n) is 5.16. The Morgan fingerprint density at radius 3 is 3.00 bits per heavy atom. The normalized spacial score (nSPS) is 23.3. The molecule has 1 unspecified atom stereocenters. The van der Waals surface area contributed by atoms with Gasteiger partial charge in [0, 0.05) is 25.8 Å². The molecule has 0 aromatic heterocycles. The zero-order valence-electron chi connectivity index (χ0n) is 12.1. The van der Waals surface area contributed by atoms with Crippen LogP contribution in [0, 0.1) is 0 Å². The third-order valence-corrected chi connectivity index (χ3v) is 3.80. The molecule has 1 aliphatic carbocycles. The molecule has 1 aliphatic heterocycles. The van der Waals surface area contributed by atoms with E-state index in [2.05, 4.69) is 10.8 Å². The van der Waals surface area contributed by atoms with Gasteiger partial charge in [0.2, 0.25) is 5.91 Å². The van der Waals surface area contributed by atoms with Gasteiger partial charge in [0.25, 0.3) is 0 Å². The molecule has 0 aromatic rings. The Morgan fingerprint density at radius 2 is 2.35 bits per heavy atom. The number of likely N-dealkylation sites (N-methyl/N-ethyl adjacent to an activating group) is 1. The molecule has 1 fully saturated rings. The lowest BCUT2D eigenvalue weighted by Crippen LogP contribution is -2.49. The van der Waals surface area contributed by atoms with Gasteiger partial charge < -0.3 is 14.4 Å². The number of hydrogen-bond donors (Lipinski definition) is 0. The molecule has 6 heteroatoms. The lowest BCUT2D eigenvalue weighted by atomic mass is 10.2. The van der Waals surface area contributed by atoms with E-state index in [1.165, 1.54) is 7.11 Å². The molecule has 0 N–H and O–H groups in total. The van der Waals surface area contributed by atoms with E-state index in [0.29, 0.717) is 26.2 Å². The Morgan fingerprint density at radius 1 is 1.55 bits per heavy atom. The average molecular weight is 282 g/mol. The molecule has 1 saturated heterocycles. The molecule has 0 saturated carbocycles. The number of hydrogen-bond acceptors (Lipinski definition) is 5. The van der Waals surface area contributed by atoms with Crippen LogP contribution in [0.4, 0.5) is 0 Å². The molecular weight excluding hydrogens is 260 g/mol. The van der Waals surface area contributed by atoms with Crippen LogP contribution in [0.2, 0.25) is 0 Å². The number of allylic oxidation sites excluding steroid dienone is 2. The maximum absolute atomic E-state index is 12.2. The number of ether oxygens (including phenoxy) is 2. The second kappa shape index (κ2) is 6.85. The summed E-state index contributed by atoms with van der Waals surface area (Å²) in [5.41, 5.74) is 1.10. The number of carbonyl (C=O) groups is 2. The molecule has 1 heterocycles. The number of rotatable bonds is 4. The molecule has 0 aromatic carbocycles. The third-order valence-electron chi connectivity index (χ3n) is 3.80. The van der Waals surface area contributed by atoms with Crippen molar-refractivity contribution in [2.45, 2.75) is 25.4 Å². The van der Waals surface area contributed by atoms with Gasteiger partial charge in [-0.15, -0.1) is 0 Å². The average Bonchev–Trinajstić information content (AvgIpc) is 3.00. The highest BCUT2D eigenvalue weighted by Gasteiger charge is 2.29. The summed E-state index contributed by atoms with van der Waals surface area (Å²) >= 11 is 0. The van der Waals surface area contributed by atoms with Crippen molar-refractivity contribution in [1.29, 1.82) is 0 Å². The summed E-state index contributed by atoms with van der Waals surface area (Å²) in [4.78, 5) is 27.4. The van der Waals surface area contributed by atoms with E-state index in [1.807, 2.05) is 11.9 Å². The van der Waals surface area contributed by atoms with Crippen molar-refractivity contribution in [2.75, 3.05) is 40.4 Å². The smallest absolute Gasteiger partial charge is 0.336 e. The standard InChI is InChI=1S/C14H22N2O4/c1-15(11-5-3-4-6-11)13(17)10-16-7-8-20-12(9-16)14(18)19-2/h5,12H,3-4,6-10H2,1-2H3. The number of morpholine rings is 1. The summed E-state index contributed by atoms with van der Waals surface area (Å²) in [7, 11) is 3.16. The van der Waals surface area contributed by atoms with Crippen molar-refractivity contribution in [3.05, 3.63) is 11.8 Å².